The van der Waals surface area contributed by atoms with E-state index in [2.05, 4.69) is 10.1 Å². The Kier molecular flexibility index (Phi) is 4.50. The summed E-state index contributed by atoms with van der Waals surface area (Å²) in [5.41, 5.74) is 0.286. The summed E-state index contributed by atoms with van der Waals surface area (Å²) in [4.78, 5) is 17.3. The van der Waals surface area contributed by atoms with E-state index in [1.807, 2.05) is 5.32 Å². The number of hydrogen-bond acceptors (Lipinski definition) is 3. The lowest BCUT2D eigenvalue weighted by atomic mass is 10.0. The van der Waals surface area contributed by atoms with Crippen molar-refractivity contribution in [3.05, 3.63) is 77.6 Å². The Bertz CT molecular complexity index is 1240. The van der Waals surface area contributed by atoms with Crippen LogP contribution in [0.15, 0.2) is 48.8 Å². The highest BCUT2D eigenvalue weighted by Gasteiger charge is 2.23. The van der Waals surface area contributed by atoms with Crippen molar-refractivity contribution in [1.29, 1.82) is 0 Å². The summed E-state index contributed by atoms with van der Waals surface area (Å²) in [5.74, 6) is -7.56. The number of nitrogens with one attached hydrogen (secondary N) is 1. The van der Waals surface area contributed by atoms with Crippen LogP contribution >= 0.6 is 0 Å². The van der Waals surface area contributed by atoms with Gasteiger partial charge in [-0.3, -0.25) is 9.48 Å². The number of fused-ring (bicyclic) bond motifs is 1. The van der Waals surface area contributed by atoms with Crippen molar-refractivity contribution in [1.82, 2.24) is 14.8 Å². The van der Waals surface area contributed by atoms with Gasteiger partial charge in [0.05, 0.1) is 23.0 Å². The second-order valence-corrected chi connectivity index (χ2v) is 6.27. The molecular formula is C20H12F4N4O. The maximum Gasteiger partial charge on any atom is 0.256 e. The Balaban J connectivity index is 1.84. The maximum atomic E-state index is 14.0. The van der Waals surface area contributed by atoms with Gasteiger partial charge in [-0.05, 0) is 12.1 Å². The first-order valence-electron chi connectivity index (χ1n) is 8.38. The number of para-hydroxylation sites is 1. The number of carbonyl (C=O) groups excluding carboxylic acids is 1. The van der Waals surface area contributed by atoms with Crippen molar-refractivity contribution in [3.63, 3.8) is 0 Å². The molecule has 4 rings (SSSR count). The van der Waals surface area contributed by atoms with Crippen LogP contribution in [0.1, 0.15) is 10.4 Å². The number of aryl methyl sites for hydroxylation is 1. The summed E-state index contributed by atoms with van der Waals surface area (Å²) in [6.45, 7) is 0. The summed E-state index contributed by atoms with van der Waals surface area (Å²) >= 11 is 0. The number of rotatable bonds is 3. The predicted octanol–water partition coefficient (Wildman–Crippen LogP) is 4.44. The molecule has 0 saturated carbocycles. The van der Waals surface area contributed by atoms with Crippen molar-refractivity contribution < 1.29 is 22.4 Å². The molecule has 0 bridgehead atoms. The molecule has 146 valence electrons. The standard InChI is InChI=1S/C20H12F4N4O/c1-28-9-10(8-25-28)16-6-12(11-4-2-3-5-15(11)26-16)20(29)27-19-17(23)13(21)7-14(22)18(19)24/h2-9H,1H3,(H,27,29). The Morgan fingerprint density at radius 3 is 2.38 bits per heavy atom. The van der Waals surface area contributed by atoms with Crippen LogP contribution in [0.3, 0.4) is 0 Å². The highest BCUT2D eigenvalue weighted by Crippen LogP contribution is 2.28. The molecule has 5 nitrogen and oxygen atoms in total. The fraction of sp³-hybridized carbons (Fsp3) is 0.0500. The smallest absolute Gasteiger partial charge is 0.256 e. The van der Waals surface area contributed by atoms with Gasteiger partial charge >= 0.3 is 0 Å². The SMILES string of the molecule is Cn1cc(-c2cc(C(=O)Nc3c(F)c(F)cc(F)c3F)c3ccccc3n2)cn1. The molecule has 0 atom stereocenters. The van der Waals surface area contributed by atoms with Crippen molar-refractivity contribution in [3.8, 4) is 11.3 Å². The first-order chi connectivity index (χ1) is 13.8. The third-order valence-corrected chi connectivity index (χ3v) is 4.31. The van der Waals surface area contributed by atoms with E-state index in [1.54, 1.807) is 48.4 Å². The Morgan fingerprint density at radius 1 is 1.03 bits per heavy atom. The second-order valence-electron chi connectivity index (χ2n) is 6.27. The fourth-order valence-electron chi connectivity index (χ4n) is 2.93. The average molecular weight is 400 g/mol. The Morgan fingerprint density at radius 2 is 1.72 bits per heavy atom. The molecular weight excluding hydrogens is 388 g/mol. The van der Waals surface area contributed by atoms with Crippen molar-refractivity contribution in [2.75, 3.05) is 5.32 Å². The number of amides is 1. The van der Waals surface area contributed by atoms with Gasteiger partial charge < -0.3 is 5.32 Å². The van der Waals surface area contributed by atoms with E-state index in [-0.39, 0.29) is 11.6 Å². The van der Waals surface area contributed by atoms with E-state index in [9.17, 15) is 22.4 Å². The van der Waals surface area contributed by atoms with Crippen molar-refractivity contribution in [2.45, 2.75) is 0 Å². The van der Waals surface area contributed by atoms with Crippen LogP contribution in [0.4, 0.5) is 23.2 Å². The number of benzene rings is 2. The van der Waals surface area contributed by atoms with Crippen molar-refractivity contribution in [2.24, 2.45) is 7.05 Å². The number of pyridine rings is 1. The topological polar surface area (TPSA) is 59.8 Å². The van der Waals surface area contributed by atoms with E-state index in [1.165, 1.54) is 6.07 Å². The van der Waals surface area contributed by atoms with Gasteiger partial charge in [-0.1, -0.05) is 18.2 Å². The number of nitrogens with zero attached hydrogens (tertiary/aromatic N) is 3. The number of carbonyl (C=O) groups is 1. The van der Waals surface area contributed by atoms with E-state index in [0.29, 0.717) is 22.2 Å². The summed E-state index contributed by atoms with van der Waals surface area (Å²) in [7, 11) is 1.71. The van der Waals surface area contributed by atoms with Crippen molar-refractivity contribution >= 4 is 22.5 Å². The first kappa shape index (κ1) is 18.6. The largest absolute Gasteiger partial charge is 0.317 e. The maximum absolute atomic E-state index is 14.0. The highest BCUT2D eigenvalue weighted by molar-refractivity contribution is 6.13. The molecule has 0 aliphatic carbocycles. The van der Waals surface area contributed by atoms with Crippen LogP contribution in [0.5, 0.6) is 0 Å². The van der Waals surface area contributed by atoms with E-state index in [4.69, 9.17) is 0 Å². The predicted molar refractivity (Wildman–Crippen MR) is 98.2 cm³/mol. The van der Waals surface area contributed by atoms with E-state index >= 15 is 0 Å². The van der Waals surface area contributed by atoms with Gasteiger partial charge in [-0.25, -0.2) is 22.5 Å². The summed E-state index contributed by atoms with van der Waals surface area (Å²) < 4.78 is 56.4. The second kappa shape index (κ2) is 7.01. The molecule has 4 aromatic rings. The minimum atomic E-state index is -1.69. The van der Waals surface area contributed by atoms with Gasteiger partial charge in [0.2, 0.25) is 0 Å². The molecule has 0 radical (unpaired) electrons. The van der Waals surface area contributed by atoms with Crippen LogP contribution in [-0.2, 0) is 7.05 Å². The molecule has 1 amide bonds. The molecule has 2 aromatic carbocycles. The van der Waals surface area contributed by atoms with Crippen LogP contribution in [0.25, 0.3) is 22.2 Å². The van der Waals surface area contributed by atoms with Gasteiger partial charge in [0.15, 0.2) is 23.3 Å². The minimum absolute atomic E-state index is 0.0259. The molecule has 2 heterocycles. The molecule has 1 N–H and O–H groups in total. The molecule has 0 saturated heterocycles. The number of halogens is 4. The van der Waals surface area contributed by atoms with Gasteiger partial charge in [0, 0.05) is 30.3 Å². The zero-order chi connectivity index (χ0) is 20.7. The quantitative estimate of drug-likeness (QED) is 0.409. The van der Waals surface area contributed by atoms with Gasteiger partial charge in [0.1, 0.15) is 5.69 Å². The molecule has 29 heavy (non-hydrogen) atoms. The lowest BCUT2D eigenvalue weighted by Crippen LogP contribution is -2.16. The fourth-order valence-corrected chi connectivity index (χ4v) is 2.93. The number of hydrogen-bond donors (Lipinski definition) is 1. The van der Waals surface area contributed by atoms with Gasteiger partial charge in [-0.2, -0.15) is 5.10 Å². The molecule has 0 spiro atoms. The third-order valence-electron chi connectivity index (χ3n) is 4.31. The van der Waals surface area contributed by atoms with Crippen LogP contribution in [0, 0.1) is 23.3 Å². The average Bonchev–Trinajstić information content (AvgIpc) is 3.15. The van der Waals surface area contributed by atoms with Crippen LogP contribution in [-0.4, -0.2) is 20.7 Å². The summed E-state index contributed by atoms with van der Waals surface area (Å²) in [5, 5.41) is 6.38. The Labute approximate surface area is 161 Å². The summed E-state index contributed by atoms with van der Waals surface area (Å²) in [6, 6.07) is 8.12. The monoisotopic (exact) mass is 400 g/mol. The van der Waals surface area contributed by atoms with Crippen LogP contribution in [0.2, 0.25) is 0 Å². The normalized spacial score (nSPS) is 11.1. The molecule has 9 heteroatoms. The first-order valence-corrected chi connectivity index (χ1v) is 8.38. The lowest BCUT2D eigenvalue weighted by Gasteiger charge is -2.12. The summed E-state index contributed by atoms with van der Waals surface area (Å²) in [6.07, 6.45) is 3.22. The molecule has 0 aliphatic rings. The zero-order valence-corrected chi connectivity index (χ0v) is 14.9. The lowest BCUT2D eigenvalue weighted by molar-refractivity contribution is 0.102. The minimum Gasteiger partial charge on any atom is -0.317 e. The Hall–Kier alpha value is -3.75. The molecule has 0 aliphatic heterocycles. The number of anilines is 1. The molecule has 0 unspecified atom stereocenters. The highest BCUT2D eigenvalue weighted by atomic mass is 19.2. The van der Waals surface area contributed by atoms with E-state index < -0.39 is 34.9 Å². The number of aromatic nitrogens is 3. The molecule has 2 aromatic heterocycles. The van der Waals surface area contributed by atoms with Crippen LogP contribution < -0.4 is 5.32 Å². The van der Waals surface area contributed by atoms with Gasteiger partial charge in [-0.15, -0.1) is 0 Å². The molecule has 0 fully saturated rings. The zero-order valence-electron chi connectivity index (χ0n) is 14.9. The third kappa shape index (κ3) is 3.31. The van der Waals surface area contributed by atoms with E-state index in [0.717, 1.165) is 0 Å². The van der Waals surface area contributed by atoms with Gasteiger partial charge in [0.25, 0.3) is 5.91 Å².